The number of aromatic nitrogens is 4. The SMILES string of the molecule is CC(=O)OCc1nnnn1-c1ccc(C#N)c(C(F)(F)F)c1. The van der Waals surface area contributed by atoms with Crippen molar-refractivity contribution in [3.05, 3.63) is 35.2 Å². The van der Waals surface area contributed by atoms with E-state index in [1.807, 2.05) is 0 Å². The van der Waals surface area contributed by atoms with E-state index >= 15 is 0 Å². The second kappa shape index (κ2) is 5.80. The Balaban J connectivity index is 2.45. The lowest BCUT2D eigenvalue weighted by Crippen LogP contribution is -2.11. The first-order chi connectivity index (χ1) is 10.3. The number of nitriles is 1. The Labute approximate surface area is 121 Å². The van der Waals surface area contributed by atoms with Gasteiger partial charge in [0.1, 0.15) is 0 Å². The molecule has 0 spiro atoms. The summed E-state index contributed by atoms with van der Waals surface area (Å²) in [6.07, 6.45) is -4.69. The van der Waals surface area contributed by atoms with E-state index in [9.17, 15) is 18.0 Å². The van der Waals surface area contributed by atoms with Gasteiger partial charge in [-0.25, -0.2) is 0 Å². The fourth-order valence-electron chi connectivity index (χ4n) is 1.66. The Morgan fingerprint density at radius 1 is 1.45 bits per heavy atom. The summed E-state index contributed by atoms with van der Waals surface area (Å²) >= 11 is 0. The predicted octanol–water partition coefficient (Wildman–Crippen LogP) is 1.62. The van der Waals surface area contributed by atoms with Gasteiger partial charge >= 0.3 is 12.1 Å². The molecular weight excluding hydrogens is 303 g/mol. The number of tetrazole rings is 1. The van der Waals surface area contributed by atoms with Crippen LogP contribution in [-0.4, -0.2) is 26.2 Å². The minimum Gasteiger partial charge on any atom is -0.458 e. The Hall–Kier alpha value is -2.96. The summed E-state index contributed by atoms with van der Waals surface area (Å²) in [5.74, 6) is -0.529. The molecule has 10 heteroatoms. The van der Waals surface area contributed by atoms with E-state index in [-0.39, 0.29) is 18.1 Å². The van der Waals surface area contributed by atoms with Crippen LogP contribution in [0.15, 0.2) is 18.2 Å². The molecule has 0 aliphatic carbocycles. The van der Waals surface area contributed by atoms with Crippen molar-refractivity contribution in [2.75, 3.05) is 0 Å². The maximum Gasteiger partial charge on any atom is 0.417 e. The quantitative estimate of drug-likeness (QED) is 0.799. The average molecular weight is 311 g/mol. The zero-order chi connectivity index (χ0) is 16.3. The maximum atomic E-state index is 12.9. The van der Waals surface area contributed by atoms with Crippen LogP contribution in [0.5, 0.6) is 0 Å². The van der Waals surface area contributed by atoms with E-state index in [1.54, 1.807) is 0 Å². The van der Waals surface area contributed by atoms with Gasteiger partial charge < -0.3 is 4.74 Å². The van der Waals surface area contributed by atoms with Crippen LogP contribution in [0.2, 0.25) is 0 Å². The molecule has 0 aliphatic rings. The molecule has 1 aromatic heterocycles. The van der Waals surface area contributed by atoms with Crippen LogP contribution < -0.4 is 0 Å². The summed E-state index contributed by atoms with van der Waals surface area (Å²) in [6, 6.07) is 4.52. The third-order valence-electron chi connectivity index (χ3n) is 2.61. The van der Waals surface area contributed by atoms with Crippen molar-refractivity contribution in [2.24, 2.45) is 0 Å². The van der Waals surface area contributed by atoms with Crippen molar-refractivity contribution in [1.82, 2.24) is 20.2 Å². The number of nitrogens with zero attached hydrogens (tertiary/aromatic N) is 5. The van der Waals surface area contributed by atoms with Crippen molar-refractivity contribution in [1.29, 1.82) is 5.26 Å². The Bertz CT molecular complexity index is 748. The predicted molar refractivity (Wildman–Crippen MR) is 64.3 cm³/mol. The molecule has 0 saturated carbocycles. The largest absolute Gasteiger partial charge is 0.458 e. The van der Waals surface area contributed by atoms with E-state index in [4.69, 9.17) is 10.00 Å². The second-order valence-electron chi connectivity index (χ2n) is 4.13. The topological polar surface area (TPSA) is 93.7 Å². The monoisotopic (exact) mass is 311 g/mol. The Kier molecular flexibility index (Phi) is 4.07. The molecule has 0 N–H and O–H groups in total. The lowest BCUT2D eigenvalue weighted by Gasteiger charge is -2.11. The number of esters is 1. The lowest BCUT2D eigenvalue weighted by atomic mass is 10.1. The fraction of sp³-hybridized carbons (Fsp3) is 0.250. The van der Waals surface area contributed by atoms with Gasteiger partial charge in [-0.1, -0.05) is 0 Å². The smallest absolute Gasteiger partial charge is 0.417 e. The summed E-state index contributed by atoms with van der Waals surface area (Å²) in [5.41, 5.74) is -1.61. The number of rotatable bonds is 3. The summed E-state index contributed by atoms with van der Waals surface area (Å²) in [7, 11) is 0. The molecule has 0 saturated heterocycles. The van der Waals surface area contributed by atoms with Crippen LogP contribution in [0.4, 0.5) is 13.2 Å². The van der Waals surface area contributed by atoms with Crippen LogP contribution >= 0.6 is 0 Å². The number of alkyl halides is 3. The fourth-order valence-corrected chi connectivity index (χ4v) is 1.66. The molecule has 0 aliphatic heterocycles. The number of halogens is 3. The van der Waals surface area contributed by atoms with Crippen molar-refractivity contribution in [2.45, 2.75) is 19.7 Å². The van der Waals surface area contributed by atoms with Crippen LogP contribution in [0, 0.1) is 11.3 Å². The normalized spacial score (nSPS) is 11.0. The van der Waals surface area contributed by atoms with E-state index in [0.717, 1.165) is 16.8 Å². The maximum absolute atomic E-state index is 12.9. The molecular formula is C12H8F3N5O2. The molecule has 7 nitrogen and oxygen atoms in total. The molecule has 0 radical (unpaired) electrons. The van der Waals surface area contributed by atoms with Gasteiger partial charge in [-0.05, 0) is 28.6 Å². The van der Waals surface area contributed by atoms with Gasteiger partial charge in [0.25, 0.3) is 0 Å². The van der Waals surface area contributed by atoms with E-state index in [0.29, 0.717) is 0 Å². The van der Waals surface area contributed by atoms with Gasteiger partial charge in [0.05, 0.1) is 22.9 Å². The number of carbonyl (C=O) groups is 1. The zero-order valence-corrected chi connectivity index (χ0v) is 11.1. The van der Waals surface area contributed by atoms with Crippen molar-refractivity contribution < 1.29 is 22.7 Å². The highest BCUT2D eigenvalue weighted by Crippen LogP contribution is 2.33. The molecule has 0 fully saturated rings. The molecule has 114 valence electrons. The van der Waals surface area contributed by atoms with Gasteiger partial charge in [0.2, 0.25) is 0 Å². The Morgan fingerprint density at radius 3 is 2.77 bits per heavy atom. The number of carbonyl (C=O) groups excluding carboxylic acids is 1. The van der Waals surface area contributed by atoms with Gasteiger partial charge in [0, 0.05) is 6.92 Å². The lowest BCUT2D eigenvalue weighted by molar-refractivity contribution is -0.142. The standard InChI is InChI=1S/C12H8F3N5O2/c1-7(21)22-6-11-17-18-19-20(11)9-3-2-8(5-16)10(4-9)12(13,14)15/h2-4H,6H2,1H3. The first kappa shape index (κ1) is 15.4. The first-order valence-corrected chi connectivity index (χ1v) is 5.85. The Morgan fingerprint density at radius 2 is 2.18 bits per heavy atom. The molecule has 1 heterocycles. The van der Waals surface area contributed by atoms with E-state index < -0.39 is 23.3 Å². The molecule has 0 amide bonds. The van der Waals surface area contributed by atoms with Gasteiger partial charge in [0.15, 0.2) is 12.4 Å². The zero-order valence-electron chi connectivity index (χ0n) is 11.1. The van der Waals surface area contributed by atoms with Gasteiger partial charge in [-0.2, -0.15) is 23.1 Å². The molecule has 1 aromatic carbocycles. The summed E-state index contributed by atoms with van der Waals surface area (Å²) in [5, 5.41) is 19.2. The minimum atomic E-state index is -4.69. The summed E-state index contributed by atoms with van der Waals surface area (Å²) in [6.45, 7) is 0.890. The third kappa shape index (κ3) is 3.20. The molecule has 0 bridgehead atoms. The van der Waals surface area contributed by atoms with Crippen molar-refractivity contribution >= 4 is 5.97 Å². The number of hydrogen-bond donors (Lipinski definition) is 0. The van der Waals surface area contributed by atoms with Crippen molar-refractivity contribution in [3.63, 3.8) is 0 Å². The van der Waals surface area contributed by atoms with Gasteiger partial charge in [-0.3, -0.25) is 4.79 Å². The summed E-state index contributed by atoms with van der Waals surface area (Å²) < 4.78 is 44.5. The van der Waals surface area contributed by atoms with E-state index in [2.05, 4.69) is 15.5 Å². The van der Waals surface area contributed by atoms with Crippen LogP contribution in [-0.2, 0) is 22.3 Å². The number of ether oxygens (including phenoxy) is 1. The molecule has 2 rings (SSSR count). The van der Waals surface area contributed by atoms with E-state index in [1.165, 1.54) is 19.1 Å². The molecule has 0 atom stereocenters. The highest BCUT2D eigenvalue weighted by atomic mass is 19.4. The number of hydrogen-bond acceptors (Lipinski definition) is 6. The van der Waals surface area contributed by atoms with Gasteiger partial charge in [-0.15, -0.1) is 5.10 Å². The average Bonchev–Trinajstić information content (AvgIpc) is 2.91. The highest BCUT2D eigenvalue weighted by molar-refractivity contribution is 5.65. The number of benzene rings is 1. The third-order valence-corrected chi connectivity index (χ3v) is 2.61. The summed E-state index contributed by atoms with van der Waals surface area (Å²) in [4.78, 5) is 10.8. The van der Waals surface area contributed by atoms with Crippen LogP contribution in [0.1, 0.15) is 23.9 Å². The first-order valence-electron chi connectivity index (χ1n) is 5.85. The molecule has 22 heavy (non-hydrogen) atoms. The molecule has 0 unspecified atom stereocenters. The van der Waals surface area contributed by atoms with Crippen LogP contribution in [0.3, 0.4) is 0 Å². The molecule has 2 aromatic rings. The van der Waals surface area contributed by atoms with Crippen molar-refractivity contribution in [3.8, 4) is 11.8 Å². The highest BCUT2D eigenvalue weighted by Gasteiger charge is 2.34. The second-order valence-corrected chi connectivity index (χ2v) is 4.13. The van der Waals surface area contributed by atoms with Crippen LogP contribution in [0.25, 0.3) is 5.69 Å². The minimum absolute atomic E-state index is 0.00141.